The molecule has 0 amide bonds. The molecule has 3 aliphatic carbocycles. The van der Waals surface area contributed by atoms with Crippen LogP contribution in [0.5, 0.6) is 0 Å². The van der Waals surface area contributed by atoms with Gasteiger partial charge in [0, 0.05) is 0 Å². The van der Waals surface area contributed by atoms with Gasteiger partial charge in [-0.2, -0.15) is 0 Å². The Balaban J connectivity index is 1.74. The van der Waals surface area contributed by atoms with Crippen molar-refractivity contribution in [3.63, 3.8) is 0 Å². The van der Waals surface area contributed by atoms with Gasteiger partial charge in [-0.05, 0) is 0 Å². The summed E-state index contributed by atoms with van der Waals surface area (Å²) in [5.41, 5.74) is 1.70. The Morgan fingerprint density at radius 3 is 2.69 bits per heavy atom. The van der Waals surface area contributed by atoms with E-state index in [9.17, 15) is 0 Å². The molecule has 0 saturated heterocycles. The maximum absolute atomic E-state index is 2.41. The van der Waals surface area contributed by atoms with Gasteiger partial charge < -0.3 is 0 Å². The van der Waals surface area contributed by atoms with Crippen molar-refractivity contribution in [2.75, 3.05) is 0 Å². The van der Waals surface area contributed by atoms with Gasteiger partial charge in [0.25, 0.3) is 0 Å². The molecule has 16 heavy (non-hydrogen) atoms. The number of rotatable bonds is 3. The number of hydrogen-bond acceptors (Lipinski definition) is 0. The van der Waals surface area contributed by atoms with Crippen LogP contribution in [0.1, 0.15) is 38.5 Å². The predicted molar refractivity (Wildman–Crippen MR) is 64.6 cm³/mol. The molecule has 0 aromatic heterocycles. The maximum atomic E-state index is 2.41. The Labute approximate surface area is 104 Å². The van der Waals surface area contributed by atoms with E-state index in [0.29, 0.717) is 0 Å². The summed E-state index contributed by atoms with van der Waals surface area (Å²) in [6.45, 7) is 0. The Bertz CT molecular complexity index is 390. The molecule has 1 saturated carbocycles. The summed E-state index contributed by atoms with van der Waals surface area (Å²) in [5, 5.41) is 0. The third kappa shape index (κ3) is 2.12. The van der Waals surface area contributed by atoms with Gasteiger partial charge in [0.1, 0.15) is 0 Å². The molecular formula is C15H18Fe. The summed E-state index contributed by atoms with van der Waals surface area (Å²) in [5.74, 6) is 0.892. The summed E-state index contributed by atoms with van der Waals surface area (Å²) < 4.78 is 3.32. The van der Waals surface area contributed by atoms with Crippen molar-refractivity contribution in [1.82, 2.24) is 0 Å². The molecule has 86 valence electrons. The molecule has 1 heteroatoms. The van der Waals surface area contributed by atoms with Gasteiger partial charge in [-0.25, -0.2) is 0 Å². The van der Waals surface area contributed by atoms with E-state index in [0.717, 1.165) is 5.92 Å². The van der Waals surface area contributed by atoms with Gasteiger partial charge in [0.05, 0.1) is 0 Å². The van der Waals surface area contributed by atoms with E-state index in [1.54, 1.807) is 14.5 Å². The third-order valence-electron chi connectivity index (χ3n) is 3.63. The molecule has 0 atom stereocenters. The summed E-state index contributed by atoms with van der Waals surface area (Å²) in [6, 6.07) is 0. The fourth-order valence-corrected chi connectivity index (χ4v) is 4.38. The van der Waals surface area contributed by atoms with Crippen LogP contribution in [0.15, 0.2) is 44.9 Å². The summed E-state index contributed by atoms with van der Waals surface area (Å²) in [7, 11) is 0. The van der Waals surface area contributed by atoms with E-state index < -0.39 is 0 Å². The average Bonchev–Trinajstić information content (AvgIpc) is 2.98. The van der Waals surface area contributed by atoms with Crippen LogP contribution in [0.25, 0.3) is 0 Å². The second-order valence-corrected chi connectivity index (χ2v) is 6.40. The first kappa shape index (κ1) is 10.6. The molecule has 3 rings (SSSR count). The van der Waals surface area contributed by atoms with Crippen molar-refractivity contribution in [3.8, 4) is 0 Å². The van der Waals surface area contributed by atoms with Crippen LogP contribution in [0, 0.1) is 5.92 Å². The normalized spacial score (nSPS) is 25.1. The second-order valence-electron chi connectivity index (χ2n) is 4.75. The molecule has 0 aromatic carbocycles. The van der Waals surface area contributed by atoms with Gasteiger partial charge in [0.2, 0.25) is 0 Å². The molecule has 0 unspecified atom stereocenters. The fourth-order valence-electron chi connectivity index (χ4n) is 2.79. The standard InChI is InChI=1S/C10H13.C5H5.Fe/c1-2-6-9(5-1)10-7-3-4-8-10;1-2-4-5-3-1;/h1,5,10H,2-4,7-8H2;1-3H,4H2;. The fraction of sp³-hybridized carbons (Fsp3) is 0.467. The van der Waals surface area contributed by atoms with Gasteiger partial charge in [-0.1, -0.05) is 0 Å². The van der Waals surface area contributed by atoms with Crippen molar-refractivity contribution >= 4 is 0 Å². The molecule has 0 heterocycles. The summed E-state index contributed by atoms with van der Waals surface area (Å²) in [6.07, 6.45) is 19.7. The van der Waals surface area contributed by atoms with Crippen LogP contribution in [0.2, 0.25) is 0 Å². The first-order valence-electron chi connectivity index (χ1n) is 6.31. The van der Waals surface area contributed by atoms with Gasteiger partial charge in [-0.3, -0.25) is 0 Å². The number of allylic oxidation sites excluding steroid dienone is 8. The van der Waals surface area contributed by atoms with Crippen molar-refractivity contribution in [2.24, 2.45) is 5.92 Å². The molecule has 0 aliphatic heterocycles. The van der Waals surface area contributed by atoms with E-state index in [-0.39, 0.29) is 0 Å². The molecule has 0 spiro atoms. The SMILES string of the molecule is C1=CC[C]([Fe][C]2=C(C3CCCC3)C=CC2)=C1. The molecule has 0 radical (unpaired) electrons. The van der Waals surface area contributed by atoms with Gasteiger partial charge in [0.15, 0.2) is 0 Å². The Hall–Kier alpha value is -0.521. The molecule has 0 N–H and O–H groups in total. The van der Waals surface area contributed by atoms with Crippen LogP contribution in [0.4, 0.5) is 0 Å². The van der Waals surface area contributed by atoms with Crippen LogP contribution < -0.4 is 0 Å². The van der Waals surface area contributed by atoms with E-state index in [1.165, 1.54) is 53.5 Å². The van der Waals surface area contributed by atoms with Crippen molar-refractivity contribution in [1.29, 1.82) is 0 Å². The minimum absolute atomic E-state index is 0.892. The quantitative estimate of drug-likeness (QED) is 0.658. The topological polar surface area (TPSA) is 0 Å². The van der Waals surface area contributed by atoms with E-state index in [2.05, 4.69) is 30.4 Å². The van der Waals surface area contributed by atoms with Crippen LogP contribution in [0.3, 0.4) is 0 Å². The van der Waals surface area contributed by atoms with E-state index in [4.69, 9.17) is 0 Å². The zero-order chi connectivity index (χ0) is 10.8. The molecule has 3 aliphatic rings. The summed E-state index contributed by atoms with van der Waals surface area (Å²) >= 11 is 1.23. The van der Waals surface area contributed by atoms with Crippen LogP contribution >= 0.6 is 0 Å². The van der Waals surface area contributed by atoms with Crippen LogP contribution in [-0.2, 0) is 15.0 Å². The monoisotopic (exact) mass is 254 g/mol. The zero-order valence-corrected chi connectivity index (χ0v) is 10.7. The predicted octanol–water partition coefficient (Wildman–Crippen LogP) is 4.32. The third-order valence-corrected chi connectivity index (χ3v) is 5.27. The Morgan fingerprint density at radius 2 is 1.94 bits per heavy atom. The molecular weight excluding hydrogens is 236 g/mol. The van der Waals surface area contributed by atoms with Gasteiger partial charge in [-0.15, -0.1) is 0 Å². The molecule has 0 bridgehead atoms. The van der Waals surface area contributed by atoms with Crippen molar-refractivity contribution in [2.45, 2.75) is 38.5 Å². The first-order chi connectivity index (χ1) is 7.93. The van der Waals surface area contributed by atoms with Crippen molar-refractivity contribution in [3.05, 3.63) is 44.9 Å². The Kier molecular flexibility index (Phi) is 3.17. The van der Waals surface area contributed by atoms with E-state index >= 15 is 0 Å². The molecule has 0 nitrogen and oxygen atoms in total. The second kappa shape index (κ2) is 4.77. The summed E-state index contributed by atoms with van der Waals surface area (Å²) in [4.78, 5) is 0. The molecule has 1 fully saturated rings. The van der Waals surface area contributed by atoms with Crippen molar-refractivity contribution < 1.29 is 15.0 Å². The first-order valence-corrected chi connectivity index (χ1v) is 7.41. The van der Waals surface area contributed by atoms with Crippen LogP contribution in [-0.4, -0.2) is 0 Å². The van der Waals surface area contributed by atoms with E-state index in [1.807, 2.05) is 0 Å². The Morgan fingerprint density at radius 1 is 1.06 bits per heavy atom. The van der Waals surface area contributed by atoms with Gasteiger partial charge >= 0.3 is 104 Å². The number of hydrogen-bond donors (Lipinski definition) is 0. The average molecular weight is 254 g/mol. The minimum atomic E-state index is 0.892. The zero-order valence-electron chi connectivity index (χ0n) is 9.56. The molecule has 0 aromatic rings.